The summed E-state index contributed by atoms with van der Waals surface area (Å²) in [6.07, 6.45) is 0. The lowest BCUT2D eigenvalue weighted by molar-refractivity contribution is -0.384. The lowest BCUT2D eigenvalue weighted by Crippen LogP contribution is -2.55. The largest absolute Gasteiger partial charge is 0.479 e. The molecule has 0 aliphatic rings. The van der Waals surface area contributed by atoms with Gasteiger partial charge in [-0.25, -0.2) is 9.48 Å². The number of hydrogen-bond acceptors (Lipinski definition) is 7. The molecule has 138 valence electrons. The number of aromatic nitrogens is 3. The quantitative estimate of drug-likeness (QED) is 0.539. The van der Waals surface area contributed by atoms with Gasteiger partial charge in [0.1, 0.15) is 0 Å². The van der Waals surface area contributed by atoms with E-state index in [4.69, 9.17) is 4.74 Å². The average Bonchev–Trinajstić information content (AvgIpc) is 2.96. The van der Waals surface area contributed by atoms with Crippen LogP contribution in [0.5, 0.6) is 0 Å². The van der Waals surface area contributed by atoms with Crippen molar-refractivity contribution in [2.75, 3.05) is 13.7 Å². The van der Waals surface area contributed by atoms with Crippen LogP contribution in [0.1, 0.15) is 23.1 Å². The Bertz CT molecular complexity index is 864. The van der Waals surface area contributed by atoms with Crippen LogP contribution in [-0.4, -0.2) is 56.2 Å². The molecule has 0 saturated heterocycles. The van der Waals surface area contributed by atoms with Gasteiger partial charge in [-0.15, -0.1) is 5.10 Å². The fraction of sp³-hybridized carbons (Fsp3) is 0.333. The zero-order valence-electron chi connectivity index (χ0n) is 14.3. The minimum absolute atomic E-state index is 0.0971. The number of benzene rings is 1. The van der Waals surface area contributed by atoms with E-state index in [9.17, 15) is 24.8 Å². The highest BCUT2D eigenvalue weighted by Gasteiger charge is 2.36. The number of carboxylic acids is 1. The Hall–Kier alpha value is -3.34. The van der Waals surface area contributed by atoms with Crippen LogP contribution >= 0.6 is 0 Å². The van der Waals surface area contributed by atoms with E-state index < -0.39 is 22.3 Å². The summed E-state index contributed by atoms with van der Waals surface area (Å²) in [4.78, 5) is 34.2. The first-order valence-electron chi connectivity index (χ1n) is 7.41. The molecule has 2 rings (SSSR count). The summed E-state index contributed by atoms with van der Waals surface area (Å²) in [5, 5.41) is 30.1. The van der Waals surface area contributed by atoms with Crippen LogP contribution in [0.2, 0.25) is 0 Å². The van der Waals surface area contributed by atoms with Crippen molar-refractivity contribution in [1.82, 2.24) is 20.3 Å². The molecular weight excluding hydrogens is 346 g/mol. The predicted octanol–water partition coefficient (Wildman–Crippen LogP) is 0.703. The van der Waals surface area contributed by atoms with E-state index in [1.807, 2.05) is 0 Å². The van der Waals surface area contributed by atoms with Gasteiger partial charge in [0.05, 0.1) is 22.9 Å². The van der Waals surface area contributed by atoms with E-state index in [0.717, 1.165) is 0 Å². The first kappa shape index (κ1) is 19.0. The maximum atomic E-state index is 12.4. The minimum atomic E-state index is -1.65. The molecule has 1 amide bonds. The number of nitro benzene ring substituents is 1. The molecule has 0 bridgehead atoms. The molecule has 1 aromatic heterocycles. The highest BCUT2D eigenvalue weighted by atomic mass is 16.6. The summed E-state index contributed by atoms with van der Waals surface area (Å²) in [7, 11) is 1.32. The highest BCUT2D eigenvalue weighted by Crippen LogP contribution is 2.18. The topological polar surface area (TPSA) is 149 Å². The number of methoxy groups -OCH3 is 1. The van der Waals surface area contributed by atoms with Crippen molar-refractivity contribution in [3.63, 3.8) is 0 Å². The summed E-state index contributed by atoms with van der Waals surface area (Å²) < 4.78 is 6.11. The SMILES string of the molecule is COCC(C)(NC(=O)c1nnn(-c2cccc([N+](=O)[O-])c2)c1C)C(=O)O. The number of carboxylic acid groups (broad SMARTS) is 1. The Morgan fingerprint density at radius 3 is 2.73 bits per heavy atom. The Labute approximate surface area is 147 Å². The van der Waals surface area contributed by atoms with E-state index in [-0.39, 0.29) is 18.0 Å². The van der Waals surface area contributed by atoms with Crippen LogP contribution in [0.15, 0.2) is 24.3 Å². The number of nitrogens with one attached hydrogen (secondary N) is 1. The smallest absolute Gasteiger partial charge is 0.331 e. The fourth-order valence-corrected chi connectivity index (χ4v) is 2.27. The Morgan fingerprint density at radius 2 is 2.15 bits per heavy atom. The number of rotatable bonds is 7. The Morgan fingerprint density at radius 1 is 1.46 bits per heavy atom. The molecule has 0 fully saturated rings. The normalized spacial score (nSPS) is 13.0. The maximum absolute atomic E-state index is 12.4. The molecule has 1 unspecified atom stereocenters. The Kier molecular flexibility index (Phi) is 5.31. The summed E-state index contributed by atoms with van der Waals surface area (Å²) in [5.41, 5.74) is -1.23. The van der Waals surface area contributed by atoms with Gasteiger partial charge < -0.3 is 15.2 Å². The van der Waals surface area contributed by atoms with Crippen molar-refractivity contribution in [2.24, 2.45) is 0 Å². The second kappa shape index (κ2) is 7.27. The average molecular weight is 363 g/mol. The van der Waals surface area contributed by atoms with Crippen LogP contribution < -0.4 is 5.32 Å². The first-order chi connectivity index (χ1) is 12.2. The van der Waals surface area contributed by atoms with E-state index in [0.29, 0.717) is 11.4 Å². The summed E-state index contributed by atoms with van der Waals surface area (Å²) in [5.74, 6) is -2.02. The maximum Gasteiger partial charge on any atom is 0.331 e. The molecule has 0 aliphatic carbocycles. The van der Waals surface area contributed by atoms with Crippen molar-refractivity contribution < 1.29 is 24.4 Å². The van der Waals surface area contributed by atoms with E-state index in [1.54, 1.807) is 13.0 Å². The van der Waals surface area contributed by atoms with E-state index >= 15 is 0 Å². The number of ether oxygens (including phenoxy) is 1. The number of carbonyl (C=O) groups is 2. The van der Waals surface area contributed by atoms with Gasteiger partial charge >= 0.3 is 5.97 Å². The van der Waals surface area contributed by atoms with Crippen LogP contribution in [0.3, 0.4) is 0 Å². The third-order valence-corrected chi connectivity index (χ3v) is 3.69. The number of nitrogens with zero attached hydrogens (tertiary/aromatic N) is 4. The monoisotopic (exact) mass is 363 g/mol. The molecule has 0 aliphatic heterocycles. The fourth-order valence-electron chi connectivity index (χ4n) is 2.27. The number of aliphatic carboxylic acids is 1. The zero-order valence-corrected chi connectivity index (χ0v) is 14.3. The molecule has 0 saturated carbocycles. The first-order valence-corrected chi connectivity index (χ1v) is 7.41. The summed E-state index contributed by atoms with van der Waals surface area (Å²) >= 11 is 0. The van der Waals surface area contributed by atoms with Crippen LogP contribution in [0.25, 0.3) is 5.69 Å². The molecule has 1 aromatic carbocycles. The van der Waals surface area contributed by atoms with Gasteiger partial charge in [0.2, 0.25) is 0 Å². The van der Waals surface area contributed by atoms with Crippen LogP contribution in [0, 0.1) is 17.0 Å². The van der Waals surface area contributed by atoms with Gasteiger partial charge in [0, 0.05) is 19.2 Å². The number of carbonyl (C=O) groups excluding carboxylic acids is 1. The molecule has 0 spiro atoms. The van der Waals surface area contributed by atoms with Gasteiger partial charge in [-0.1, -0.05) is 11.3 Å². The van der Waals surface area contributed by atoms with Crippen LogP contribution in [0.4, 0.5) is 5.69 Å². The van der Waals surface area contributed by atoms with Crippen molar-refractivity contribution in [1.29, 1.82) is 0 Å². The van der Waals surface area contributed by atoms with Crippen molar-refractivity contribution in [3.8, 4) is 5.69 Å². The second-order valence-corrected chi connectivity index (χ2v) is 5.74. The second-order valence-electron chi connectivity index (χ2n) is 5.74. The Balaban J connectivity index is 2.34. The number of hydrogen-bond donors (Lipinski definition) is 2. The molecule has 1 atom stereocenters. The zero-order chi connectivity index (χ0) is 19.5. The lowest BCUT2D eigenvalue weighted by atomic mass is 10.0. The minimum Gasteiger partial charge on any atom is -0.479 e. The molecule has 1 heterocycles. The molecule has 2 aromatic rings. The van der Waals surface area contributed by atoms with Crippen LogP contribution in [-0.2, 0) is 9.53 Å². The van der Waals surface area contributed by atoms with E-state index in [2.05, 4.69) is 15.6 Å². The van der Waals surface area contributed by atoms with Crippen molar-refractivity contribution >= 4 is 17.6 Å². The number of amides is 1. The number of nitro groups is 1. The molecule has 0 radical (unpaired) electrons. The third kappa shape index (κ3) is 3.67. The third-order valence-electron chi connectivity index (χ3n) is 3.69. The van der Waals surface area contributed by atoms with Gasteiger partial charge in [0.25, 0.3) is 11.6 Å². The molecule has 26 heavy (non-hydrogen) atoms. The summed E-state index contributed by atoms with van der Waals surface area (Å²) in [6.45, 7) is 2.60. The standard InChI is InChI=1S/C15H17N5O6/c1-9-12(13(21)16-15(2,8-26-3)14(22)23)17-18-19(9)10-5-4-6-11(7-10)20(24)25/h4-7H,8H2,1-3H3,(H,16,21)(H,22,23). The number of non-ortho nitro benzene ring substituents is 1. The van der Waals surface area contributed by atoms with Gasteiger partial charge in [0.15, 0.2) is 11.2 Å². The molecule has 11 nitrogen and oxygen atoms in total. The van der Waals surface area contributed by atoms with E-state index in [1.165, 1.54) is 36.9 Å². The lowest BCUT2D eigenvalue weighted by Gasteiger charge is -2.24. The molecule has 2 N–H and O–H groups in total. The van der Waals surface area contributed by atoms with Crippen molar-refractivity contribution in [2.45, 2.75) is 19.4 Å². The highest BCUT2D eigenvalue weighted by molar-refractivity contribution is 5.97. The molecular formula is C15H17N5O6. The predicted molar refractivity (Wildman–Crippen MR) is 88.1 cm³/mol. The van der Waals surface area contributed by atoms with Gasteiger partial charge in [-0.2, -0.15) is 0 Å². The van der Waals surface area contributed by atoms with Gasteiger partial charge in [-0.05, 0) is 19.9 Å². The van der Waals surface area contributed by atoms with Gasteiger partial charge in [-0.3, -0.25) is 14.9 Å². The molecule has 11 heteroatoms. The van der Waals surface area contributed by atoms with Crippen molar-refractivity contribution in [3.05, 3.63) is 45.8 Å². The summed E-state index contributed by atoms with van der Waals surface area (Å²) in [6, 6.07) is 5.67.